The first-order valence-electron chi connectivity index (χ1n) is 9.92. The van der Waals surface area contributed by atoms with E-state index in [1.165, 1.54) is 19.3 Å². The molecule has 26 heavy (non-hydrogen) atoms. The number of unbranched alkanes of at least 4 members (excludes halogenated alkanes) is 4. The maximum Gasteiger partial charge on any atom is 0.470 e. The zero-order chi connectivity index (χ0) is 20.1. The van der Waals surface area contributed by atoms with Crippen molar-refractivity contribution >= 4 is 7.82 Å². The number of hydrogen-bond acceptors (Lipinski definition) is 4. The summed E-state index contributed by atoms with van der Waals surface area (Å²) in [4.78, 5) is 17.7. The van der Waals surface area contributed by atoms with E-state index in [9.17, 15) is 4.57 Å². The standard InChI is InChI=1S/C19H41O6P/c1-18(2,12-6-5-9-15-20)13-7-10-16-24-17-11-8-14-19(3,4)25-26(21,22)23/h20H,5-17H2,1-4H3,(H2,21,22,23). The number of aliphatic hydroxyl groups is 1. The Labute approximate surface area is 159 Å². The number of ether oxygens (including phenoxy) is 1. The summed E-state index contributed by atoms with van der Waals surface area (Å²) in [6, 6.07) is 0. The van der Waals surface area contributed by atoms with E-state index in [1.54, 1.807) is 13.8 Å². The minimum Gasteiger partial charge on any atom is -0.396 e. The molecule has 0 aliphatic rings. The predicted molar refractivity (Wildman–Crippen MR) is 105 cm³/mol. The average Bonchev–Trinajstić information content (AvgIpc) is 2.47. The average molecular weight is 397 g/mol. The molecule has 0 amide bonds. The Morgan fingerprint density at radius 3 is 1.77 bits per heavy atom. The molecule has 0 aliphatic heterocycles. The molecule has 0 aromatic carbocycles. The molecule has 0 aliphatic carbocycles. The molecular weight excluding hydrogens is 355 g/mol. The van der Waals surface area contributed by atoms with Gasteiger partial charge in [-0.3, -0.25) is 4.52 Å². The molecule has 0 heterocycles. The number of phosphoric acid groups is 1. The molecule has 0 atom stereocenters. The molecule has 158 valence electrons. The summed E-state index contributed by atoms with van der Waals surface area (Å²) in [6.45, 7) is 9.75. The summed E-state index contributed by atoms with van der Waals surface area (Å²) in [5.74, 6) is 0. The summed E-state index contributed by atoms with van der Waals surface area (Å²) in [6.07, 6.45) is 10.1. The van der Waals surface area contributed by atoms with Crippen LogP contribution in [0.5, 0.6) is 0 Å². The first kappa shape index (κ1) is 26.0. The summed E-state index contributed by atoms with van der Waals surface area (Å²) in [7, 11) is -4.43. The molecule has 0 aromatic rings. The molecule has 0 rings (SSSR count). The largest absolute Gasteiger partial charge is 0.470 e. The SMILES string of the molecule is CC(C)(CCCCCO)CCCCOCCCCC(C)(C)OP(=O)(O)O. The van der Waals surface area contributed by atoms with E-state index in [1.807, 2.05) is 0 Å². The van der Waals surface area contributed by atoms with Crippen LogP contribution in [0.15, 0.2) is 0 Å². The van der Waals surface area contributed by atoms with E-state index in [0.29, 0.717) is 25.0 Å². The minimum absolute atomic E-state index is 0.298. The van der Waals surface area contributed by atoms with E-state index in [0.717, 1.165) is 45.1 Å². The molecule has 0 unspecified atom stereocenters. The van der Waals surface area contributed by atoms with E-state index in [-0.39, 0.29) is 0 Å². The monoisotopic (exact) mass is 396 g/mol. The molecule has 7 heteroatoms. The number of phosphoric ester groups is 1. The highest BCUT2D eigenvalue weighted by Gasteiger charge is 2.28. The Balaban J connectivity index is 3.57. The van der Waals surface area contributed by atoms with Gasteiger partial charge in [-0.15, -0.1) is 0 Å². The lowest BCUT2D eigenvalue weighted by Crippen LogP contribution is -2.22. The summed E-state index contributed by atoms with van der Waals surface area (Å²) in [5.41, 5.74) is -0.457. The highest BCUT2D eigenvalue weighted by atomic mass is 31.2. The van der Waals surface area contributed by atoms with E-state index >= 15 is 0 Å². The topological polar surface area (TPSA) is 96.2 Å². The minimum atomic E-state index is -4.43. The molecular formula is C19H41O6P. The fraction of sp³-hybridized carbons (Fsp3) is 1.00. The fourth-order valence-corrected chi connectivity index (χ4v) is 3.78. The second-order valence-electron chi connectivity index (χ2n) is 8.57. The molecule has 0 spiro atoms. The van der Waals surface area contributed by atoms with Crippen LogP contribution in [0.2, 0.25) is 0 Å². The molecule has 0 saturated carbocycles. The summed E-state index contributed by atoms with van der Waals surface area (Å²) >= 11 is 0. The lowest BCUT2D eigenvalue weighted by atomic mass is 9.82. The Hall–Kier alpha value is 0.0300. The fourth-order valence-electron chi connectivity index (χ4n) is 3.05. The van der Waals surface area contributed by atoms with Crippen molar-refractivity contribution < 1.29 is 28.7 Å². The van der Waals surface area contributed by atoms with Crippen LogP contribution in [0.4, 0.5) is 0 Å². The zero-order valence-corrected chi connectivity index (χ0v) is 18.1. The van der Waals surface area contributed by atoms with Gasteiger partial charge in [-0.25, -0.2) is 4.57 Å². The Morgan fingerprint density at radius 2 is 1.27 bits per heavy atom. The molecule has 6 nitrogen and oxygen atoms in total. The van der Waals surface area contributed by atoms with Gasteiger partial charge >= 0.3 is 7.82 Å². The van der Waals surface area contributed by atoms with Gasteiger partial charge in [-0.05, 0) is 64.2 Å². The lowest BCUT2D eigenvalue weighted by molar-refractivity contribution is 0.0522. The van der Waals surface area contributed by atoms with Crippen LogP contribution in [0.25, 0.3) is 0 Å². The quantitative estimate of drug-likeness (QED) is 0.241. The van der Waals surface area contributed by atoms with Crippen molar-refractivity contribution in [2.24, 2.45) is 5.41 Å². The van der Waals surface area contributed by atoms with Crippen molar-refractivity contribution in [2.75, 3.05) is 19.8 Å². The normalized spacial score (nSPS) is 13.3. The van der Waals surface area contributed by atoms with Gasteiger partial charge in [0, 0.05) is 19.8 Å². The zero-order valence-electron chi connectivity index (χ0n) is 17.2. The van der Waals surface area contributed by atoms with Gasteiger partial charge in [0.05, 0.1) is 5.60 Å². The Morgan fingerprint density at radius 1 is 0.769 bits per heavy atom. The van der Waals surface area contributed by atoms with Crippen LogP contribution in [0, 0.1) is 5.41 Å². The van der Waals surface area contributed by atoms with E-state index in [4.69, 9.17) is 24.2 Å². The van der Waals surface area contributed by atoms with Crippen LogP contribution in [0.3, 0.4) is 0 Å². The van der Waals surface area contributed by atoms with Gasteiger partial charge in [0.1, 0.15) is 0 Å². The second-order valence-corrected chi connectivity index (χ2v) is 9.73. The van der Waals surface area contributed by atoms with Gasteiger partial charge in [0.25, 0.3) is 0 Å². The van der Waals surface area contributed by atoms with Crippen molar-refractivity contribution in [3.05, 3.63) is 0 Å². The maximum absolute atomic E-state index is 10.9. The molecule has 0 fully saturated rings. The number of aliphatic hydroxyl groups excluding tert-OH is 1. The van der Waals surface area contributed by atoms with Crippen LogP contribution in [0.1, 0.15) is 91.9 Å². The summed E-state index contributed by atoms with van der Waals surface area (Å²) < 4.78 is 21.3. The third-order valence-electron chi connectivity index (χ3n) is 4.59. The van der Waals surface area contributed by atoms with Crippen LogP contribution in [-0.2, 0) is 13.8 Å². The second kappa shape index (κ2) is 13.2. The molecule has 0 bridgehead atoms. The highest BCUT2D eigenvalue weighted by molar-refractivity contribution is 7.46. The molecule has 0 aromatic heterocycles. The summed E-state index contributed by atoms with van der Waals surface area (Å²) in [5, 5.41) is 8.81. The van der Waals surface area contributed by atoms with Crippen molar-refractivity contribution in [3.8, 4) is 0 Å². The van der Waals surface area contributed by atoms with E-state index < -0.39 is 13.4 Å². The van der Waals surface area contributed by atoms with Crippen LogP contribution < -0.4 is 0 Å². The lowest BCUT2D eigenvalue weighted by Gasteiger charge is -2.25. The van der Waals surface area contributed by atoms with Gasteiger partial charge < -0.3 is 19.6 Å². The predicted octanol–water partition coefficient (Wildman–Crippen LogP) is 4.81. The first-order valence-corrected chi connectivity index (χ1v) is 11.5. The van der Waals surface area contributed by atoms with Crippen LogP contribution >= 0.6 is 7.82 Å². The van der Waals surface area contributed by atoms with Crippen molar-refractivity contribution in [1.82, 2.24) is 0 Å². The molecule has 0 radical (unpaired) electrons. The Bertz CT molecular complexity index is 391. The first-order chi connectivity index (χ1) is 12.0. The maximum atomic E-state index is 10.9. The third kappa shape index (κ3) is 17.4. The van der Waals surface area contributed by atoms with Crippen LogP contribution in [-0.4, -0.2) is 40.3 Å². The van der Waals surface area contributed by atoms with Crippen molar-refractivity contribution in [2.45, 2.75) is 97.5 Å². The van der Waals surface area contributed by atoms with Gasteiger partial charge in [-0.1, -0.05) is 33.1 Å². The third-order valence-corrected chi connectivity index (χ3v) is 5.32. The molecule has 3 N–H and O–H groups in total. The Kier molecular flexibility index (Phi) is 13.3. The van der Waals surface area contributed by atoms with Crippen molar-refractivity contribution in [3.63, 3.8) is 0 Å². The number of hydrogen-bond donors (Lipinski definition) is 3. The van der Waals surface area contributed by atoms with E-state index in [2.05, 4.69) is 13.8 Å². The van der Waals surface area contributed by atoms with Crippen molar-refractivity contribution in [1.29, 1.82) is 0 Å². The van der Waals surface area contributed by atoms with Gasteiger partial charge in [0.15, 0.2) is 0 Å². The smallest absolute Gasteiger partial charge is 0.396 e. The highest BCUT2D eigenvalue weighted by Crippen LogP contribution is 2.42. The molecule has 0 saturated heterocycles. The van der Waals surface area contributed by atoms with Gasteiger partial charge in [0.2, 0.25) is 0 Å². The van der Waals surface area contributed by atoms with Gasteiger partial charge in [-0.2, -0.15) is 0 Å². The number of rotatable bonds is 17.